The van der Waals surface area contributed by atoms with Crippen LogP contribution in [0.3, 0.4) is 0 Å². The fraction of sp³-hybridized carbons (Fsp3) is 0.222. The Morgan fingerprint density at radius 3 is 2.64 bits per heavy atom. The molecule has 1 unspecified atom stereocenters. The molecule has 2 aromatic heterocycles. The highest BCUT2D eigenvalue weighted by atomic mass is 16.7. The van der Waals surface area contributed by atoms with Gasteiger partial charge < -0.3 is 29.2 Å². The average molecular weight is 483 g/mol. The lowest BCUT2D eigenvalue weighted by Crippen LogP contribution is -2.32. The van der Waals surface area contributed by atoms with Gasteiger partial charge in [-0.2, -0.15) is 0 Å². The quantitative estimate of drug-likeness (QED) is 0.375. The van der Waals surface area contributed by atoms with Gasteiger partial charge in [-0.3, -0.25) is 4.79 Å². The Morgan fingerprint density at radius 1 is 1.00 bits per heavy atom. The zero-order valence-electron chi connectivity index (χ0n) is 19.1. The number of aliphatic hydroxyl groups excluding tert-OH is 1. The number of hydrogen-bond donors (Lipinski definition) is 2. The molecule has 0 fully saturated rings. The summed E-state index contributed by atoms with van der Waals surface area (Å²) in [5, 5.41) is 14.9. The monoisotopic (exact) mass is 483 g/mol. The number of esters is 1. The van der Waals surface area contributed by atoms with E-state index >= 15 is 0 Å². The molecule has 2 aromatic carbocycles. The number of ether oxygens (including phenoxy) is 3. The molecule has 7 rings (SSSR count). The van der Waals surface area contributed by atoms with Crippen molar-refractivity contribution in [2.75, 3.05) is 6.79 Å². The molecule has 0 saturated heterocycles. The summed E-state index contributed by atoms with van der Waals surface area (Å²) in [7, 11) is 0. The van der Waals surface area contributed by atoms with Gasteiger partial charge in [-0.05, 0) is 23.3 Å². The maximum atomic E-state index is 13.4. The van der Waals surface area contributed by atoms with E-state index in [-0.39, 0.29) is 24.5 Å². The van der Waals surface area contributed by atoms with Crippen molar-refractivity contribution >= 4 is 16.9 Å². The Bertz CT molecular complexity index is 1630. The van der Waals surface area contributed by atoms with Crippen LogP contribution in [0.2, 0.25) is 0 Å². The van der Waals surface area contributed by atoms with Crippen molar-refractivity contribution in [2.45, 2.75) is 32.3 Å². The number of aromatic nitrogens is 2. The fourth-order valence-corrected chi connectivity index (χ4v) is 5.23. The van der Waals surface area contributed by atoms with Crippen LogP contribution in [0.4, 0.5) is 0 Å². The highest BCUT2D eigenvalue weighted by Gasteiger charge is 2.35. The summed E-state index contributed by atoms with van der Waals surface area (Å²) in [6, 6.07) is 15.6. The number of hydrogen-bond acceptors (Lipinski definition) is 8. The first-order chi connectivity index (χ1) is 17.6. The largest absolute Gasteiger partial charge is 0.458 e. The third-order valence-electron chi connectivity index (χ3n) is 7.04. The molecule has 0 spiro atoms. The molecule has 0 aliphatic carbocycles. The van der Waals surface area contributed by atoms with Crippen LogP contribution in [0.25, 0.3) is 22.3 Å². The van der Waals surface area contributed by atoms with Gasteiger partial charge in [-0.15, -0.1) is 0 Å². The first-order valence-electron chi connectivity index (χ1n) is 11.7. The highest BCUT2D eigenvalue weighted by Crippen LogP contribution is 2.42. The van der Waals surface area contributed by atoms with E-state index in [1.165, 1.54) is 0 Å². The standard InChI is InChI=1S/C27H21N3O6/c31-25-16-6-21-24-18(11-30(21)26(32)19(16)12-34-27(25)33)17(10-28-9-14-4-2-1-3-5-14)15-7-22-23(36-13-35-22)8-20(15)29-24/h1-8,25,28,31H,9-13H2. The van der Waals surface area contributed by atoms with E-state index in [1.807, 2.05) is 30.3 Å². The van der Waals surface area contributed by atoms with Gasteiger partial charge in [0.25, 0.3) is 5.56 Å². The van der Waals surface area contributed by atoms with Crippen LogP contribution in [0.5, 0.6) is 11.5 Å². The minimum atomic E-state index is -1.49. The summed E-state index contributed by atoms with van der Waals surface area (Å²) < 4.78 is 17.8. The van der Waals surface area contributed by atoms with E-state index in [4.69, 9.17) is 19.2 Å². The van der Waals surface area contributed by atoms with Crippen molar-refractivity contribution in [3.63, 3.8) is 0 Å². The van der Waals surface area contributed by atoms with Crippen LogP contribution < -0.4 is 20.3 Å². The number of rotatable bonds is 4. The summed E-state index contributed by atoms with van der Waals surface area (Å²) in [5.74, 6) is 0.530. The molecule has 5 heterocycles. The molecule has 0 radical (unpaired) electrons. The van der Waals surface area contributed by atoms with E-state index < -0.39 is 12.1 Å². The van der Waals surface area contributed by atoms with E-state index in [9.17, 15) is 14.7 Å². The number of cyclic esters (lactones) is 1. The molecule has 180 valence electrons. The summed E-state index contributed by atoms with van der Waals surface area (Å²) in [6.45, 7) is 1.56. The van der Waals surface area contributed by atoms with Gasteiger partial charge in [0.15, 0.2) is 17.6 Å². The van der Waals surface area contributed by atoms with Gasteiger partial charge >= 0.3 is 5.97 Å². The minimum absolute atomic E-state index is 0.150. The number of benzene rings is 2. The van der Waals surface area contributed by atoms with Crippen LogP contribution in [0.15, 0.2) is 53.3 Å². The first-order valence-corrected chi connectivity index (χ1v) is 11.7. The molecule has 1 atom stereocenters. The second-order valence-electron chi connectivity index (χ2n) is 9.09. The zero-order chi connectivity index (χ0) is 24.4. The Kier molecular flexibility index (Phi) is 4.63. The van der Waals surface area contributed by atoms with Crippen molar-refractivity contribution in [3.05, 3.63) is 86.7 Å². The molecule has 0 saturated carbocycles. The van der Waals surface area contributed by atoms with E-state index in [1.54, 1.807) is 10.6 Å². The van der Waals surface area contributed by atoms with Crippen LogP contribution in [0.1, 0.15) is 33.9 Å². The van der Waals surface area contributed by atoms with Crippen LogP contribution in [0, 0.1) is 0 Å². The van der Waals surface area contributed by atoms with Crippen molar-refractivity contribution in [1.82, 2.24) is 14.9 Å². The summed E-state index contributed by atoms with van der Waals surface area (Å²) in [6.07, 6.45) is -1.49. The van der Waals surface area contributed by atoms with Crippen LogP contribution >= 0.6 is 0 Å². The van der Waals surface area contributed by atoms with Gasteiger partial charge in [-0.1, -0.05) is 30.3 Å². The molecule has 9 heteroatoms. The molecular formula is C27H21N3O6. The van der Waals surface area contributed by atoms with Gasteiger partial charge in [0.1, 0.15) is 6.61 Å². The molecule has 9 nitrogen and oxygen atoms in total. The number of carbonyl (C=O) groups is 1. The third-order valence-corrected chi connectivity index (χ3v) is 7.04. The molecule has 2 N–H and O–H groups in total. The first kappa shape index (κ1) is 21.1. The Morgan fingerprint density at radius 2 is 1.81 bits per heavy atom. The van der Waals surface area contributed by atoms with Crippen molar-refractivity contribution in [2.24, 2.45) is 0 Å². The van der Waals surface area contributed by atoms with Crippen molar-refractivity contribution in [3.8, 4) is 22.9 Å². The second-order valence-corrected chi connectivity index (χ2v) is 9.09. The topological polar surface area (TPSA) is 112 Å². The van der Waals surface area contributed by atoms with E-state index in [0.29, 0.717) is 53.6 Å². The molecule has 3 aliphatic rings. The molecule has 3 aliphatic heterocycles. The Balaban J connectivity index is 1.38. The second kappa shape index (κ2) is 7.91. The van der Waals surface area contributed by atoms with Crippen LogP contribution in [-0.4, -0.2) is 27.4 Å². The van der Waals surface area contributed by atoms with Crippen molar-refractivity contribution in [1.29, 1.82) is 0 Å². The summed E-state index contributed by atoms with van der Waals surface area (Å²) >= 11 is 0. The molecule has 0 amide bonds. The third kappa shape index (κ3) is 3.13. The lowest BCUT2D eigenvalue weighted by molar-refractivity contribution is -0.157. The molecule has 4 aromatic rings. The van der Waals surface area contributed by atoms with Gasteiger partial charge in [0.05, 0.1) is 29.0 Å². The molecular weight excluding hydrogens is 462 g/mol. The van der Waals surface area contributed by atoms with E-state index in [2.05, 4.69) is 17.4 Å². The summed E-state index contributed by atoms with van der Waals surface area (Å²) in [5.41, 5.74) is 5.34. The highest BCUT2D eigenvalue weighted by molar-refractivity contribution is 5.91. The normalized spacial score (nSPS) is 17.0. The number of nitrogens with one attached hydrogen (secondary N) is 1. The van der Waals surface area contributed by atoms with Gasteiger partial charge in [0, 0.05) is 35.7 Å². The number of carbonyl (C=O) groups excluding carboxylic acids is 1. The predicted octanol–water partition coefficient (Wildman–Crippen LogP) is 2.53. The lowest BCUT2D eigenvalue weighted by atomic mass is 9.98. The Labute approximate surface area is 204 Å². The van der Waals surface area contributed by atoms with Crippen LogP contribution in [-0.2, 0) is 35.8 Å². The molecule has 0 bridgehead atoms. The fourth-order valence-electron chi connectivity index (χ4n) is 5.23. The van der Waals surface area contributed by atoms with Crippen molar-refractivity contribution < 1.29 is 24.1 Å². The maximum absolute atomic E-state index is 13.4. The number of nitrogens with zero attached hydrogens (tertiary/aromatic N) is 2. The Hall–Kier alpha value is -4.21. The molecule has 36 heavy (non-hydrogen) atoms. The predicted molar refractivity (Wildman–Crippen MR) is 128 cm³/mol. The number of pyridine rings is 2. The zero-order valence-corrected chi connectivity index (χ0v) is 19.1. The maximum Gasteiger partial charge on any atom is 0.340 e. The van der Waals surface area contributed by atoms with E-state index in [0.717, 1.165) is 22.1 Å². The average Bonchev–Trinajstić information content (AvgIpc) is 3.50. The van der Waals surface area contributed by atoms with Gasteiger partial charge in [-0.25, -0.2) is 9.78 Å². The number of aliphatic hydroxyl groups is 1. The summed E-state index contributed by atoms with van der Waals surface area (Å²) in [4.78, 5) is 30.2. The SMILES string of the molecule is O=C1OCc2c(cc3n(c2=O)Cc2c-3nc3cc4c(cc3c2CNCc2ccccc2)OCO4)C1O. The number of fused-ring (bicyclic) bond motifs is 6. The van der Waals surface area contributed by atoms with Gasteiger partial charge in [0.2, 0.25) is 6.79 Å². The smallest absolute Gasteiger partial charge is 0.340 e. The lowest BCUT2D eigenvalue weighted by Gasteiger charge is -2.21. The minimum Gasteiger partial charge on any atom is -0.458 e.